The van der Waals surface area contributed by atoms with Crippen LogP contribution in [0, 0.1) is 6.58 Å². The zero-order valence-electron chi connectivity index (χ0n) is 6.20. The maximum Gasteiger partial charge on any atom is 0.152 e. The van der Waals surface area contributed by atoms with Crippen LogP contribution in [0.4, 0.5) is 0 Å². The lowest BCUT2D eigenvalue weighted by Crippen LogP contribution is -1.95. The van der Waals surface area contributed by atoms with Gasteiger partial charge in [-0.2, -0.15) is 0 Å². The summed E-state index contributed by atoms with van der Waals surface area (Å²) in [6, 6.07) is 7.11. The third-order valence-corrected chi connectivity index (χ3v) is 2.31. The van der Waals surface area contributed by atoms with Gasteiger partial charge >= 0.3 is 0 Å². The minimum absolute atomic E-state index is 0.801. The van der Waals surface area contributed by atoms with Crippen LogP contribution in [-0.4, -0.2) is 10.8 Å². The van der Waals surface area contributed by atoms with E-state index < -0.39 is 11.2 Å². The topological polar surface area (TPSA) is 23.1 Å². The number of hydrogen-bond acceptors (Lipinski definition) is 1. The summed E-state index contributed by atoms with van der Waals surface area (Å²) in [4.78, 5) is 0.801. The molecular weight excluding hydrogens is 156 g/mol. The van der Waals surface area contributed by atoms with Crippen LogP contribution >= 0.6 is 0 Å². The van der Waals surface area contributed by atoms with Crippen LogP contribution < -0.4 is 0 Å². The molecule has 0 bridgehead atoms. The first-order chi connectivity index (χ1) is 5.24. The Hall–Kier alpha value is -0.730. The Labute approximate surface area is 69.9 Å². The molecule has 0 aliphatic heterocycles. The van der Waals surface area contributed by atoms with Gasteiger partial charge in [0.05, 0.1) is 0 Å². The smallest absolute Gasteiger partial charge is 0.152 e. The Morgan fingerprint density at radius 1 is 1.36 bits per heavy atom. The first-order valence-corrected chi connectivity index (χ1v) is 4.74. The Bertz CT molecular complexity index is 238. The van der Waals surface area contributed by atoms with Crippen LogP contribution in [0.3, 0.4) is 0 Å². The second kappa shape index (κ2) is 3.60. The van der Waals surface area contributed by atoms with Crippen molar-refractivity contribution in [2.75, 3.05) is 6.26 Å². The predicted octanol–water partition coefficient (Wildman–Crippen LogP) is 1.75. The molecule has 1 nitrogen and oxygen atoms in total. The number of hydrogen-bond donors (Lipinski definition) is 0. The van der Waals surface area contributed by atoms with Crippen LogP contribution in [0.2, 0.25) is 0 Å². The zero-order chi connectivity index (χ0) is 8.27. The summed E-state index contributed by atoms with van der Waals surface area (Å²) in [5, 5.41) is 0. The van der Waals surface area contributed by atoms with Gasteiger partial charge < -0.3 is 4.55 Å². The average Bonchev–Trinajstić information content (AvgIpc) is 2.05. The molecule has 56 valence electrons. The van der Waals surface area contributed by atoms with Crippen LogP contribution in [-0.2, 0) is 11.2 Å². The molecule has 0 spiro atoms. The molecule has 1 rings (SSSR count). The normalized spacial score (nSPS) is 12.5. The molecule has 1 atom stereocenters. The van der Waals surface area contributed by atoms with Crippen LogP contribution in [0.15, 0.2) is 29.2 Å². The highest BCUT2D eigenvalue weighted by Gasteiger charge is 2.00. The van der Waals surface area contributed by atoms with Crippen LogP contribution in [0.25, 0.3) is 6.08 Å². The molecule has 0 heterocycles. The highest BCUT2D eigenvalue weighted by atomic mass is 32.2. The lowest BCUT2D eigenvalue weighted by atomic mass is 10.2. The van der Waals surface area contributed by atoms with E-state index in [1.54, 1.807) is 30.5 Å². The monoisotopic (exact) mass is 164 g/mol. The van der Waals surface area contributed by atoms with E-state index in [-0.39, 0.29) is 0 Å². The first-order valence-electron chi connectivity index (χ1n) is 3.18. The Morgan fingerprint density at radius 2 is 1.91 bits per heavy atom. The fourth-order valence-electron chi connectivity index (χ4n) is 0.756. The van der Waals surface area contributed by atoms with E-state index >= 15 is 0 Å². The summed E-state index contributed by atoms with van der Waals surface area (Å²) in [7, 11) is 0. The van der Waals surface area contributed by atoms with E-state index in [9.17, 15) is 4.55 Å². The molecule has 0 amide bonds. The van der Waals surface area contributed by atoms with E-state index in [1.165, 1.54) is 6.08 Å². The highest BCUT2D eigenvalue weighted by Crippen LogP contribution is 2.10. The van der Waals surface area contributed by atoms with Gasteiger partial charge in [-0.1, -0.05) is 0 Å². The van der Waals surface area contributed by atoms with Crippen molar-refractivity contribution in [3.8, 4) is 0 Å². The van der Waals surface area contributed by atoms with Crippen molar-refractivity contribution >= 4 is 17.3 Å². The van der Waals surface area contributed by atoms with E-state index in [2.05, 4.69) is 0 Å². The summed E-state index contributed by atoms with van der Waals surface area (Å²) < 4.78 is 10.9. The van der Waals surface area contributed by atoms with Gasteiger partial charge in [-0.25, -0.2) is 0 Å². The highest BCUT2D eigenvalue weighted by molar-refractivity contribution is 7.90. The molecule has 0 aliphatic rings. The second-order valence-corrected chi connectivity index (χ2v) is 3.55. The maximum atomic E-state index is 10.9. The van der Waals surface area contributed by atoms with Gasteiger partial charge in [0.25, 0.3) is 0 Å². The average molecular weight is 164 g/mol. The summed E-state index contributed by atoms with van der Waals surface area (Å²) in [5.74, 6) is 0. The summed E-state index contributed by atoms with van der Waals surface area (Å²) >= 11 is -0.914. The molecule has 0 saturated carbocycles. The van der Waals surface area contributed by atoms with E-state index in [1.807, 2.05) is 0 Å². The van der Waals surface area contributed by atoms with Crippen molar-refractivity contribution in [3.05, 3.63) is 36.4 Å². The van der Waals surface area contributed by atoms with Gasteiger partial charge in [0.15, 0.2) is 4.90 Å². The van der Waals surface area contributed by atoms with Crippen LogP contribution in [0.1, 0.15) is 5.56 Å². The molecule has 0 N–H and O–H groups in total. The second-order valence-electron chi connectivity index (χ2n) is 2.17. The number of rotatable bonds is 2. The van der Waals surface area contributed by atoms with Gasteiger partial charge in [0.1, 0.15) is 6.26 Å². The minimum atomic E-state index is -0.914. The van der Waals surface area contributed by atoms with Crippen molar-refractivity contribution in [1.82, 2.24) is 0 Å². The van der Waals surface area contributed by atoms with Crippen molar-refractivity contribution < 1.29 is 4.55 Å². The molecular formula is C9H8OS. The van der Waals surface area contributed by atoms with Gasteiger partial charge in [0.2, 0.25) is 0 Å². The molecule has 11 heavy (non-hydrogen) atoms. The summed E-state index contributed by atoms with van der Waals surface area (Å²) in [5.41, 5.74) is 0.833. The zero-order valence-corrected chi connectivity index (χ0v) is 7.02. The van der Waals surface area contributed by atoms with E-state index in [0.29, 0.717) is 0 Å². The molecule has 2 heteroatoms. The molecule has 1 aromatic carbocycles. The molecule has 1 unspecified atom stereocenters. The Kier molecular flexibility index (Phi) is 2.74. The first kappa shape index (κ1) is 8.37. The quantitative estimate of drug-likeness (QED) is 0.611. The van der Waals surface area contributed by atoms with Crippen molar-refractivity contribution in [3.63, 3.8) is 0 Å². The largest absolute Gasteiger partial charge is 0.612 e. The Morgan fingerprint density at radius 3 is 2.27 bits per heavy atom. The lowest BCUT2D eigenvalue weighted by molar-refractivity contribution is 0.601. The van der Waals surface area contributed by atoms with Gasteiger partial charge in [0, 0.05) is 0 Å². The summed E-state index contributed by atoms with van der Waals surface area (Å²) in [6.07, 6.45) is 2.90. The van der Waals surface area contributed by atoms with Crippen LogP contribution in [0.5, 0.6) is 0 Å². The SMILES string of the molecule is [C]=Cc1ccc([S+](C)[O-])cc1. The molecule has 0 aliphatic carbocycles. The molecule has 0 fully saturated rings. The molecule has 0 saturated heterocycles. The predicted molar refractivity (Wildman–Crippen MR) is 46.5 cm³/mol. The fraction of sp³-hybridized carbons (Fsp3) is 0.111. The van der Waals surface area contributed by atoms with Gasteiger partial charge in [-0.15, -0.1) is 0 Å². The Balaban J connectivity index is 2.91. The molecule has 0 aromatic heterocycles. The number of benzene rings is 1. The summed E-state index contributed by atoms with van der Waals surface area (Å²) in [6.45, 7) is 6.92. The third-order valence-electron chi connectivity index (χ3n) is 1.38. The van der Waals surface area contributed by atoms with Crippen molar-refractivity contribution in [2.24, 2.45) is 0 Å². The molecule has 2 radical (unpaired) electrons. The standard InChI is InChI=1S/C9H8OS/c1-3-8-4-6-9(7-5-8)11(2)10/h3-7H,2H3. The lowest BCUT2D eigenvalue weighted by Gasteiger charge is -2.02. The third kappa shape index (κ3) is 2.10. The van der Waals surface area contributed by atoms with Gasteiger partial charge in [-0.05, 0) is 53.7 Å². The molecule has 1 aromatic rings. The van der Waals surface area contributed by atoms with E-state index in [0.717, 1.165) is 10.5 Å². The van der Waals surface area contributed by atoms with Gasteiger partial charge in [-0.3, -0.25) is 0 Å². The maximum absolute atomic E-state index is 10.9. The van der Waals surface area contributed by atoms with E-state index in [4.69, 9.17) is 6.58 Å². The fourth-order valence-corrected chi connectivity index (χ4v) is 1.28. The van der Waals surface area contributed by atoms with Crippen molar-refractivity contribution in [1.29, 1.82) is 0 Å². The minimum Gasteiger partial charge on any atom is -0.612 e. The van der Waals surface area contributed by atoms with Crippen molar-refractivity contribution in [2.45, 2.75) is 4.90 Å².